The van der Waals surface area contributed by atoms with E-state index in [2.05, 4.69) is 10.3 Å². The molecule has 0 aliphatic rings. The van der Waals surface area contributed by atoms with Crippen LogP contribution >= 0.6 is 0 Å². The van der Waals surface area contributed by atoms with Crippen LogP contribution in [0, 0.1) is 12.7 Å². The zero-order chi connectivity index (χ0) is 18.5. The SMILES string of the molecule is Cc1ccc(NC(=O)CN(C)Cc2coc(-c3ccc(F)cc3)n2)cc1. The molecule has 0 bridgehead atoms. The molecule has 1 aromatic heterocycles. The van der Waals surface area contributed by atoms with Crippen molar-refractivity contribution >= 4 is 11.6 Å². The highest BCUT2D eigenvalue weighted by molar-refractivity contribution is 5.92. The Labute approximate surface area is 151 Å². The number of halogens is 1. The molecule has 0 spiro atoms. The Bertz CT molecular complexity index is 873. The molecule has 1 heterocycles. The van der Waals surface area contributed by atoms with Gasteiger partial charge in [0.25, 0.3) is 0 Å². The predicted octanol–water partition coefficient (Wildman–Crippen LogP) is 3.86. The summed E-state index contributed by atoms with van der Waals surface area (Å²) in [6.45, 7) is 2.69. The molecule has 0 aliphatic heterocycles. The fourth-order valence-corrected chi connectivity index (χ4v) is 2.52. The van der Waals surface area contributed by atoms with Gasteiger partial charge >= 0.3 is 0 Å². The minimum Gasteiger partial charge on any atom is -0.444 e. The van der Waals surface area contributed by atoms with Gasteiger partial charge < -0.3 is 9.73 Å². The molecule has 0 fully saturated rings. The molecule has 26 heavy (non-hydrogen) atoms. The Kier molecular flexibility index (Phi) is 5.43. The number of nitrogens with zero attached hydrogens (tertiary/aromatic N) is 2. The van der Waals surface area contributed by atoms with Crippen molar-refractivity contribution in [1.29, 1.82) is 0 Å². The summed E-state index contributed by atoms with van der Waals surface area (Å²) in [6.07, 6.45) is 1.55. The average Bonchev–Trinajstić information content (AvgIpc) is 3.05. The van der Waals surface area contributed by atoms with E-state index in [1.165, 1.54) is 12.1 Å². The molecule has 0 saturated carbocycles. The number of benzene rings is 2. The number of hydrogen-bond acceptors (Lipinski definition) is 4. The fourth-order valence-electron chi connectivity index (χ4n) is 2.52. The quantitative estimate of drug-likeness (QED) is 0.731. The van der Waals surface area contributed by atoms with E-state index in [9.17, 15) is 9.18 Å². The molecule has 1 N–H and O–H groups in total. The number of aryl methyl sites for hydroxylation is 1. The van der Waals surface area contributed by atoms with Crippen molar-refractivity contribution < 1.29 is 13.6 Å². The number of amides is 1. The Morgan fingerprint density at radius 1 is 1.15 bits per heavy atom. The van der Waals surface area contributed by atoms with Crippen LogP contribution in [-0.4, -0.2) is 29.4 Å². The highest BCUT2D eigenvalue weighted by atomic mass is 19.1. The van der Waals surface area contributed by atoms with E-state index in [0.29, 0.717) is 23.7 Å². The third kappa shape index (κ3) is 4.77. The van der Waals surface area contributed by atoms with Gasteiger partial charge in [-0.2, -0.15) is 0 Å². The number of carbonyl (C=O) groups excluding carboxylic acids is 1. The van der Waals surface area contributed by atoms with Gasteiger partial charge in [0.15, 0.2) is 0 Å². The lowest BCUT2D eigenvalue weighted by Gasteiger charge is -2.14. The van der Waals surface area contributed by atoms with Gasteiger partial charge in [0.2, 0.25) is 11.8 Å². The van der Waals surface area contributed by atoms with Crippen molar-refractivity contribution in [3.05, 3.63) is 71.9 Å². The first-order valence-electron chi connectivity index (χ1n) is 8.25. The molecule has 3 rings (SSSR count). The standard InChI is InChI=1S/C20H20FN3O2/c1-14-3-9-17(10-4-14)22-19(25)12-24(2)11-18-13-26-20(23-18)15-5-7-16(21)8-6-15/h3-10,13H,11-12H2,1-2H3,(H,22,25). The number of nitrogens with one attached hydrogen (secondary N) is 1. The van der Waals surface area contributed by atoms with E-state index < -0.39 is 0 Å². The Morgan fingerprint density at radius 2 is 1.85 bits per heavy atom. The highest BCUT2D eigenvalue weighted by Gasteiger charge is 2.12. The first-order valence-corrected chi connectivity index (χ1v) is 8.25. The second kappa shape index (κ2) is 7.93. The second-order valence-corrected chi connectivity index (χ2v) is 6.24. The Balaban J connectivity index is 1.54. The normalized spacial score (nSPS) is 10.9. The number of aromatic nitrogens is 1. The summed E-state index contributed by atoms with van der Waals surface area (Å²) in [6, 6.07) is 13.6. The maximum Gasteiger partial charge on any atom is 0.238 e. The number of anilines is 1. The van der Waals surface area contributed by atoms with Crippen LogP contribution in [0.2, 0.25) is 0 Å². The van der Waals surface area contributed by atoms with Crippen molar-refractivity contribution in [1.82, 2.24) is 9.88 Å². The number of likely N-dealkylation sites (N-methyl/N-ethyl adjacent to an activating group) is 1. The van der Waals surface area contributed by atoms with Crippen molar-refractivity contribution in [2.24, 2.45) is 0 Å². The molecule has 134 valence electrons. The lowest BCUT2D eigenvalue weighted by molar-refractivity contribution is -0.117. The van der Waals surface area contributed by atoms with E-state index >= 15 is 0 Å². The molecular weight excluding hydrogens is 333 g/mol. The zero-order valence-electron chi connectivity index (χ0n) is 14.7. The molecule has 6 heteroatoms. The van der Waals surface area contributed by atoms with Crippen molar-refractivity contribution in [2.75, 3.05) is 18.9 Å². The van der Waals surface area contributed by atoms with Crippen LogP contribution in [0.1, 0.15) is 11.3 Å². The lowest BCUT2D eigenvalue weighted by atomic mass is 10.2. The van der Waals surface area contributed by atoms with E-state index in [-0.39, 0.29) is 18.3 Å². The number of oxazole rings is 1. The van der Waals surface area contributed by atoms with Crippen LogP contribution < -0.4 is 5.32 Å². The molecule has 3 aromatic rings. The molecule has 0 unspecified atom stereocenters. The first-order chi connectivity index (χ1) is 12.5. The minimum absolute atomic E-state index is 0.0985. The minimum atomic E-state index is -0.306. The van der Waals surface area contributed by atoms with Gasteiger partial charge in [-0.3, -0.25) is 9.69 Å². The molecule has 0 aliphatic carbocycles. The zero-order valence-corrected chi connectivity index (χ0v) is 14.7. The van der Waals surface area contributed by atoms with E-state index in [0.717, 1.165) is 11.3 Å². The maximum atomic E-state index is 13.0. The number of hydrogen-bond donors (Lipinski definition) is 1. The third-order valence-electron chi connectivity index (χ3n) is 3.82. The molecule has 0 atom stereocenters. The van der Waals surface area contributed by atoms with Gasteiger partial charge in [-0.25, -0.2) is 9.37 Å². The van der Waals surface area contributed by atoms with Crippen molar-refractivity contribution in [3.8, 4) is 11.5 Å². The first kappa shape index (κ1) is 17.8. The largest absolute Gasteiger partial charge is 0.444 e. The van der Waals surface area contributed by atoms with Crippen LogP contribution in [0.3, 0.4) is 0 Å². The van der Waals surface area contributed by atoms with Gasteiger partial charge in [-0.1, -0.05) is 17.7 Å². The number of carbonyl (C=O) groups is 1. The van der Waals surface area contributed by atoms with E-state index in [1.807, 2.05) is 43.1 Å². The molecular formula is C20H20FN3O2. The smallest absolute Gasteiger partial charge is 0.238 e. The van der Waals surface area contributed by atoms with E-state index in [1.54, 1.807) is 18.4 Å². The summed E-state index contributed by atoms with van der Waals surface area (Å²) >= 11 is 0. The lowest BCUT2D eigenvalue weighted by Crippen LogP contribution is -2.29. The van der Waals surface area contributed by atoms with Crippen LogP contribution in [0.4, 0.5) is 10.1 Å². The molecule has 5 nitrogen and oxygen atoms in total. The summed E-state index contributed by atoms with van der Waals surface area (Å²) in [7, 11) is 1.83. The van der Waals surface area contributed by atoms with Crippen LogP contribution in [0.15, 0.2) is 59.2 Å². The fraction of sp³-hybridized carbons (Fsp3) is 0.200. The maximum absolute atomic E-state index is 13.0. The molecule has 0 saturated heterocycles. The third-order valence-corrected chi connectivity index (χ3v) is 3.82. The topological polar surface area (TPSA) is 58.4 Å². The van der Waals surface area contributed by atoms with Gasteiger partial charge in [-0.15, -0.1) is 0 Å². The highest BCUT2D eigenvalue weighted by Crippen LogP contribution is 2.19. The summed E-state index contributed by atoms with van der Waals surface area (Å²) < 4.78 is 18.4. The van der Waals surface area contributed by atoms with Crippen LogP contribution in [-0.2, 0) is 11.3 Å². The van der Waals surface area contributed by atoms with Gasteiger partial charge in [-0.05, 0) is 50.4 Å². The van der Waals surface area contributed by atoms with Gasteiger partial charge in [0.1, 0.15) is 12.1 Å². The molecule has 0 radical (unpaired) electrons. The summed E-state index contributed by atoms with van der Waals surface area (Å²) in [4.78, 5) is 18.4. The Hall–Kier alpha value is -2.99. The van der Waals surface area contributed by atoms with Crippen molar-refractivity contribution in [3.63, 3.8) is 0 Å². The number of rotatable bonds is 6. The van der Waals surface area contributed by atoms with Crippen molar-refractivity contribution in [2.45, 2.75) is 13.5 Å². The van der Waals surface area contributed by atoms with Gasteiger partial charge in [0, 0.05) is 17.8 Å². The average molecular weight is 353 g/mol. The van der Waals surface area contributed by atoms with Gasteiger partial charge in [0.05, 0.1) is 12.2 Å². The van der Waals surface area contributed by atoms with E-state index in [4.69, 9.17) is 4.42 Å². The monoisotopic (exact) mass is 353 g/mol. The predicted molar refractivity (Wildman–Crippen MR) is 98.0 cm³/mol. The van der Waals surface area contributed by atoms with Crippen LogP contribution in [0.25, 0.3) is 11.5 Å². The summed E-state index contributed by atoms with van der Waals surface area (Å²) in [5.41, 5.74) is 3.32. The summed E-state index contributed by atoms with van der Waals surface area (Å²) in [5.74, 6) is 0.0240. The Morgan fingerprint density at radius 3 is 2.54 bits per heavy atom. The molecule has 1 amide bonds. The van der Waals surface area contributed by atoms with Crippen LogP contribution in [0.5, 0.6) is 0 Å². The second-order valence-electron chi connectivity index (χ2n) is 6.24. The molecule has 2 aromatic carbocycles. The summed E-state index contributed by atoms with van der Waals surface area (Å²) in [5, 5.41) is 2.86.